The van der Waals surface area contributed by atoms with E-state index in [0.29, 0.717) is 19.2 Å². The molecule has 2 aliphatic heterocycles. The van der Waals surface area contributed by atoms with E-state index in [1.54, 1.807) is 4.68 Å². The fourth-order valence-corrected chi connectivity index (χ4v) is 3.29. The third-order valence-corrected chi connectivity index (χ3v) is 4.47. The SMILES string of the molecule is Cn1nc(C2CCCN2Cc2ccc3c(c2)OCCO3)nc1N. The number of fused-ring (bicyclic) bond motifs is 1. The second-order valence-corrected chi connectivity index (χ2v) is 6.06. The van der Waals surface area contributed by atoms with Gasteiger partial charge in [-0.3, -0.25) is 4.90 Å². The number of rotatable bonds is 3. The Morgan fingerprint density at radius 1 is 1.26 bits per heavy atom. The van der Waals surface area contributed by atoms with Gasteiger partial charge in [0.1, 0.15) is 13.2 Å². The first-order valence-electron chi connectivity index (χ1n) is 8.00. The van der Waals surface area contributed by atoms with Crippen LogP contribution in [-0.2, 0) is 13.6 Å². The highest BCUT2D eigenvalue weighted by Gasteiger charge is 2.29. The number of aryl methyl sites for hydroxylation is 1. The predicted molar refractivity (Wildman–Crippen MR) is 85.2 cm³/mol. The molecule has 0 spiro atoms. The Balaban J connectivity index is 1.53. The normalized spacial score (nSPS) is 20.8. The molecule has 2 aromatic rings. The number of benzene rings is 1. The van der Waals surface area contributed by atoms with E-state index in [2.05, 4.69) is 27.1 Å². The van der Waals surface area contributed by atoms with E-state index < -0.39 is 0 Å². The Bertz CT molecular complexity index is 695. The molecular formula is C16H21N5O2. The molecule has 1 unspecified atom stereocenters. The Hall–Kier alpha value is -2.28. The number of likely N-dealkylation sites (tertiary alicyclic amines) is 1. The van der Waals surface area contributed by atoms with Gasteiger partial charge in [-0.1, -0.05) is 6.07 Å². The average molecular weight is 315 g/mol. The smallest absolute Gasteiger partial charge is 0.218 e. The quantitative estimate of drug-likeness (QED) is 0.925. The molecule has 7 nitrogen and oxygen atoms in total. The monoisotopic (exact) mass is 315 g/mol. The van der Waals surface area contributed by atoms with E-state index in [1.165, 1.54) is 5.56 Å². The number of ether oxygens (including phenoxy) is 2. The highest BCUT2D eigenvalue weighted by molar-refractivity contribution is 5.43. The van der Waals surface area contributed by atoms with Crippen molar-refractivity contribution in [3.05, 3.63) is 29.6 Å². The molecule has 4 rings (SSSR count). The summed E-state index contributed by atoms with van der Waals surface area (Å²) in [5.74, 6) is 2.95. The summed E-state index contributed by atoms with van der Waals surface area (Å²) in [5, 5.41) is 4.45. The van der Waals surface area contributed by atoms with E-state index in [-0.39, 0.29) is 6.04 Å². The summed E-state index contributed by atoms with van der Waals surface area (Å²) >= 11 is 0. The van der Waals surface area contributed by atoms with E-state index in [9.17, 15) is 0 Å². The van der Waals surface area contributed by atoms with Gasteiger partial charge < -0.3 is 15.2 Å². The minimum atomic E-state index is 0.228. The third kappa shape index (κ3) is 2.72. The van der Waals surface area contributed by atoms with Crippen LogP contribution in [0.15, 0.2) is 18.2 Å². The van der Waals surface area contributed by atoms with Gasteiger partial charge in [-0.2, -0.15) is 10.1 Å². The van der Waals surface area contributed by atoms with Crippen LogP contribution in [0.3, 0.4) is 0 Å². The zero-order valence-corrected chi connectivity index (χ0v) is 13.2. The first-order valence-corrected chi connectivity index (χ1v) is 8.00. The molecule has 1 saturated heterocycles. The molecule has 1 aromatic carbocycles. The molecule has 0 radical (unpaired) electrons. The minimum absolute atomic E-state index is 0.228. The largest absolute Gasteiger partial charge is 0.486 e. The average Bonchev–Trinajstić information content (AvgIpc) is 3.14. The van der Waals surface area contributed by atoms with Crippen molar-refractivity contribution >= 4 is 5.95 Å². The summed E-state index contributed by atoms with van der Waals surface area (Å²) in [6, 6.07) is 6.39. The van der Waals surface area contributed by atoms with Crippen molar-refractivity contribution in [3.8, 4) is 11.5 Å². The molecule has 2 aliphatic rings. The molecule has 7 heteroatoms. The number of nitrogens with zero attached hydrogens (tertiary/aromatic N) is 4. The van der Waals surface area contributed by atoms with E-state index in [1.807, 2.05) is 13.1 Å². The van der Waals surface area contributed by atoms with Gasteiger partial charge in [-0.05, 0) is 37.1 Å². The van der Waals surface area contributed by atoms with Crippen molar-refractivity contribution in [2.75, 3.05) is 25.5 Å². The van der Waals surface area contributed by atoms with Gasteiger partial charge in [-0.15, -0.1) is 0 Å². The van der Waals surface area contributed by atoms with Crippen molar-refractivity contribution in [3.63, 3.8) is 0 Å². The van der Waals surface area contributed by atoms with Crippen LogP contribution in [0, 0.1) is 0 Å². The summed E-state index contributed by atoms with van der Waals surface area (Å²) in [7, 11) is 1.83. The highest BCUT2D eigenvalue weighted by atomic mass is 16.6. The predicted octanol–water partition coefficient (Wildman–Crippen LogP) is 1.51. The molecule has 1 fully saturated rings. The van der Waals surface area contributed by atoms with Crippen molar-refractivity contribution < 1.29 is 9.47 Å². The molecule has 1 atom stereocenters. The lowest BCUT2D eigenvalue weighted by Gasteiger charge is -2.24. The number of anilines is 1. The zero-order chi connectivity index (χ0) is 15.8. The van der Waals surface area contributed by atoms with Gasteiger partial charge in [0.25, 0.3) is 0 Å². The highest BCUT2D eigenvalue weighted by Crippen LogP contribution is 2.34. The third-order valence-electron chi connectivity index (χ3n) is 4.47. The molecule has 0 bridgehead atoms. The van der Waals surface area contributed by atoms with Crippen LogP contribution in [-0.4, -0.2) is 39.4 Å². The number of nitrogen functional groups attached to an aromatic ring is 1. The molecule has 0 saturated carbocycles. The van der Waals surface area contributed by atoms with Crippen LogP contribution in [0.5, 0.6) is 11.5 Å². The van der Waals surface area contributed by atoms with Crippen molar-refractivity contribution in [1.29, 1.82) is 0 Å². The van der Waals surface area contributed by atoms with Crippen LogP contribution in [0.2, 0.25) is 0 Å². The number of nitrogens with two attached hydrogens (primary N) is 1. The number of hydrogen-bond donors (Lipinski definition) is 1. The molecule has 1 aromatic heterocycles. The number of hydrogen-bond acceptors (Lipinski definition) is 6. The Morgan fingerprint density at radius 2 is 2.09 bits per heavy atom. The van der Waals surface area contributed by atoms with Crippen LogP contribution >= 0.6 is 0 Å². The van der Waals surface area contributed by atoms with Crippen molar-refractivity contribution in [1.82, 2.24) is 19.7 Å². The molecule has 23 heavy (non-hydrogen) atoms. The van der Waals surface area contributed by atoms with Gasteiger partial charge in [0, 0.05) is 13.6 Å². The maximum absolute atomic E-state index is 5.82. The first kappa shape index (κ1) is 14.3. The summed E-state index contributed by atoms with van der Waals surface area (Å²) in [6.45, 7) is 3.12. The lowest BCUT2D eigenvalue weighted by molar-refractivity contribution is 0.170. The van der Waals surface area contributed by atoms with Crippen LogP contribution < -0.4 is 15.2 Å². The topological polar surface area (TPSA) is 78.4 Å². The summed E-state index contributed by atoms with van der Waals surface area (Å²) in [6.07, 6.45) is 2.21. The second-order valence-electron chi connectivity index (χ2n) is 6.06. The Morgan fingerprint density at radius 3 is 2.87 bits per heavy atom. The van der Waals surface area contributed by atoms with Crippen LogP contribution in [0.4, 0.5) is 5.95 Å². The van der Waals surface area contributed by atoms with E-state index >= 15 is 0 Å². The van der Waals surface area contributed by atoms with E-state index in [4.69, 9.17) is 15.2 Å². The maximum Gasteiger partial charge on any atom is 0.218 e. The molecular weight excluding hydrogens is 294 g/mol. The molecule has 122 valence electrons. The summed E-state index contributed by atoms with van der Waals surface area (Å²) < 4.78 is 12.9. The van der Waals surface area contributed by atoms with Gasteiger partial charge >= 0.3 is 0 Å². The summed E-state index contributed by atoms with van der Waals surface area (Å²) in [4.78, 5) is 6.80. The lowest BCUT2D eigenvalue weighted by atomic mass is 10.1. The standard InChI is InChI=1S/C16H21N5O2/c1-20-16(17)18-15(19-20)12-3-2-6-21(12)10-11-4-5-13-14(9-11)23-8-7-22-13/h4-5,9,12H,2-3,6-8,10H2,1H3,(H2,17,18,19). The minimum Gasteiger partial charge on any atom is -0.486 e. The van der Waals surface area contributed by atoms with Crippen molar-refractivity contribution in [2.45, 2.75) is 25.4 Å². The molecule has 0 aliphatic carbocycles. The molecule has 2 N–H and O–H groups in total. The number of aromatic nitrogens is 3. The van der Waals surface area contributed by atoms with Crippen molar-refractivity contribution in [2.24, 2.45) is 7.05 Å². The maximum atomic E-state index is 5.82. The molecule has 3 heterocycles. The molecule has 0 amide bonds. The fourth-order valence-electron chi connectivity index (χ4n) is 3.29. The van der Waals surface area contributed by atoms with Gasteiger partial charge in [0.2, 0.25) is 5.95 Å². The Kier molecular flexibility index (Phi) is 3.57. The van der Waals surface area contributed by atoms with Crippen LogP contribution in [0.1, 0.15) is 30.3 Å². The lowest BCUT2D eigenvalue weighted by Crippen LogP contribution is -2.24. The Labute approximate surface area is 135 Å². The van der Waals surface area contributed by atoms with Gasteiger partial charge in [-0.25, -0.2) is 4.68 Å². The van der Waals surface area contributed by atoms with Gasteiger partial charge in [0.05, 0.1) is 6.04 Å². The zero-order valence-electron chi connectivity index (χ0n) is 13.2. The van der Waals surface area contributed by atoms with E-state index in [0.717, 1.165) is 43.3 Å². The second kappa shape index (κ2) is 5.73. The summed E-state index contributed by atoms with van der Waals surface area (Å²) in [5.41, 5.74) is 7.04. The van der Waals surface area contributed by atoms with Gasteiger partial charge in [0.15, 0.2) is 17.3 Å². The van der Waals surface area contributed by atoms with Crippen LogP contribution in [0.25, 0.3) is 0 Å². The first-order chi connectivity index (χ1) is 11.2. The fraction of sp³-hybridized carbons (Fsp3) is 0.500.